The number of benzene rings is 2. The van der Waals surface area contributed by atoms with Gasteiger partial charge >= 0.3 is 0 Å². The molecule has 1 amide bonds. The molecule has 25 heavy (non-hydrogen) atoms. The molecule has 2 aromatic carbocycles. The summed E-state index contributed by atoms with van der Waals surface area (Å²) in [6, 6.07) is 15.7. The number of aromatic nitrogens is 2. The number of hydrogen-bond acceptors (Lipinski definition) is 4. The van der Waals surface area contributed by atoms with Crippen molar-refractivity contribution in [2.75, 3.05) is 12.8 Å². The number of carbonyl (C=O) groups is 1. The van der Waals surface area contributed by atoms with E-state index in [1.165, 1.54) is 17.3 Å². The highest BCUT2D eigenvalue weighted by atomic mass is 32.2. The van der Waals surface area contributed by atoms with Gasteiger partial charge in [-0.05, 0) is 24.6 Å². The lowest BCUT2D eigenvalue weighted by molar-refractivity contribution is -0.118. The summed E-state index contributed by atoms with van der Waals surface area (Å²) in [5.41, 5.74) is 3.59. The third-order valence-corrected chi connectivity index (χ3v) is 4.85. The first-order valence-corrected chi connectivity index (χ1v) is 8.95. The molecule has 1 heterocycles. The zero-order valence-corrected chi connectivity index (χ0v) is 15.0. The molecule has 128 valence electrons. The van der Waals surface area contributed by atoms with Crippen molar-refractivity contribution in [1.29, 1.82) is 0 Å². The second-order valence-corrected chi connectivity index (χ2v) is 6.71. The van der Waals surface area contributed by atoms with Gasteiger partial charge in [-0.25, -0.2) is 4.98 Å². The Morgan fingerprint density at radius 2 is 1.88 bits per heavy atom. The Morgan fingerprint density at radius 1 is 1.16 bits per heavy atom. The van der Waals surface area contributed by atoms with Crippen LogP contribution in [0, 0.1) is 6.92 Å². The Labute approximate surface area is 150 Å². The van der Waals surface area contributed by atoms with Crippen molar-refractivity contribution in [2.45, 2.75) is 18.5 Å². The first kappa shape index (κ1) is 17.2. The normalized spacial score (nSPS) is 10.8. The van der Waals surface area contributed by atoms with E-state index >= 15 is 0 Å². The monoisotopic (exact) mass is 353 g/mol. The van der Waals surface area contributed by atoms with Crippen LogP contribution in [0.25, 0.3) is 11.0 Å². The molecular formula is C19H19N3O2S. The Bertz CT molecular complexity index is 965. The van der Waals surface area contributed by atoms with Gasteiger partial charge in [-0.3, -0.25) is 14.2 Å². The maximum atomic E-state index is 12.9. The van der Waals surface area contributed by atoms with E-state index in [0.29, 0.717) is 11.6 Å². The average Bonchev–Trinajstić information content (AvgIpc) is 2.64. The maximum absolute atomic E-state index is 12.9. The third-order valence-electron chi connectivity index (χ3n) is 3.90. The molecule has 0 aliphatic heterocycles. The van der Waals surface area contributed by atoms with Crippen molar-refractivity contribution >= 4 is 28.7 Å². The summed E-state index contributed by atoms with van der Waals surface area (Å²) < 4.78 is 1.72. The van der Waals surface area contributed by atoms with E-state index in [2.05, 4.69) is 10.3 Å². The second-order valence-electron chi connectivity index (χ2n) is 5.74. The number of carbonyl (C=O) groups excluding carboxylic acids is 1. The molecule has 3 rings (SSSR count). The lowest BCUT2D eigenvalue weighted by Gasteiger charge is -2.12. The first-order valence-electron chi connectivity index (χ1n) is 7.97. The van der Waals surface area contributed by atoms with E-state index < -0.39 is 0 Å². The molecule has 5 nitrogen and oxygen atoms in total. The Morgan fingerprint density at radius 3 is 2.60 bits per heavy atom. The van der Waals surface area contributed by atoms with Crippen molar-refractivity contribution in [3.8, 4) is 0 Å². The summed E-state index contributed by atoms with van der Waals surface area (Å²) in [5, 5.41) is 2.90. The molecule has 0 saturated carbocycles. The van der Waals surface area contributed by atoms with Crippen LogP contribution in [-0.2, 0) is 11.3 Å². The molecule has 0 unspecified atom stereocenters. The van der Waals surface area contributed by atoms with E-state index in [-0.39, 0.29) is 17.2 Å². The molecule has 0 fully saturated rings. The van der Waals surface area contributed by atoms with Gasteiger partial charge in [0.25, 0.3) is 5.56 Å². The van der Waals surface area contributed by atoms with Gasteiger partial charge in [-0.15, -0.1) is 0 Å². The number of fused-ring (bicyclic) bond motifs is 1. The van der Waals surface area contributed by atoms with E-state index in [0.717, 1.165) is 16.6 Å². The van der Waals surface area contributed by atoms with Gasteiger partial charge in [0.05, 0.1) is 23.3 Å². The van der Waals surface area contributed by atoms with E-state index in [4.69, 9.17) is 0 Å². The highest BCUT2D eigenvalue weighted by molar-refractivity contribution is 7.99. The number of para-hydroxylation sites is 2. The molecule has 0 bridgehead atoms. The topological polar surface area (TPSA) is 64.0 Å². The molecular weight excluding hydrogens is 334 g/mol. The fourth-order valence-electron chi connectivity index (χ4n) is 2.50. The van der Waals surface area contributed by atoms with Crippen LogP contribution >= 0.6 is 11.8 Å². The van der Waals surface area contributed by atoms with Crippen LogP contribution in [0.1, 0.15) is 11.1 Å². The van der Waals surface area contributed by atoms with Gasteiger partial charge in [0.1, 0.15) is 0 Å². The highest BCUT2D eigenvalue weighted by Gasteiger charge is 2.13. The molecule has 0 aliphatic carbocycles. The average molecular weight is 353 g/mol. The van der Waals surface area contributed by atoms with Crippen molar-refractivity contribution in [1.82, 2.24) is 14.9 Å². The summed E-state index contributed by atoms with van der Waals surface area (Å²) in [5.74, 6) is 0.0335. The number of rotatable bonds is 5. The summed E-state index contributed by atoms with van der Waals surface area (Å²) in [4.78, 5) is 28.8. The minimum absolute atomic E-state index is 0.135. The molecule has 0 aliphatic rings. The van der Waals surface area contributed by atoms with Crippen molar-refractivity contribution in [3.05, 3.63) is 70.0 Å². The standard InChI is InChI=1S/C19H19N3O2S/c1-13-7-9-14(10-8-13)11-22-16-6-4-3-5-15(16)21-18(19(22)24)25-12-17(23)20-2/h3-10H,11-12H2,1-2H3,(H,20,23). The van der Waals surface area contributed by atoms with Crippen LogP contribution in [0.15, 0.2) is 58.4 Å². The Balaban J connectivity index is 2.05. The molecule has 0 atom stereocenters. The van der Waals surface area contributed by atoms with Crippen LogP contribution in [0.2, 0.25) is 0 Å². The number of thioether (sulfide) groups is 1. The quantitative estimate of drug-likeness (QED) is 0.716. The maximum Gasteiger partial charge on any atom is 0.283 e. The van der Waals surface area contributed by atoms with Crippen LogP contribution in [0.5, 0.6) is 0 Å². The largest absolute Gasteiger partial charge is 0.358 e. The first-order chi connectivity index (χ1) is 12.1. The van der Waals surface area contributed by atoms with Gasteiger partial charge < -0.3 is 5.32 Å². The molecule has 1 N–H and O–H groups in total. The predicted octanol–water partition coefficient (Wildman–Crippen LogP) is 2.59. The molecule has 0 saturated heterocycles. The Kier molecular flexibility index (Phi) is 5.19. The number of nitrogens with one attached hydrogen (secondary N) is 1. The van der Waals surface area contributed by atoms with Crippen molar-refractivity contribution in [2.24, 2.45) is 0 Å². The predicted molar refractivity (Wildman–Crippen MR) is 101 cm³/mol. The van der Waals surface area contributed by atoms with Crippen LogP contribution in [0.4, 0.5) is 0 Å². The Hall–Kier alpha value is -2.60. The molecule has 0 radical (unpaired) electrons. The van der Waals surface area contributed by atoms with E-state index in [9.17, 15) is 9.59 Å². The fraction of sp³-hybridized carbons (Fsp3) is 0.211. The lowest BCUT2D eigenvalue weighted by Crippen LogP contribution is -2.26. The molecule has 0 spiro atoms. The second kappa shape index (κ2) is 7.53. The van der Waals surface area contributed by atoms with Crippen LogP contribution in [0.3, 0.4) is 0 Å². The summed E-state index contributed by atoms with van der Waals surface area (Å²) in [6.07, 6.45) is 0. The molecule has 3 aromatic rings. The zero-order chi connectivity index (χ0) is 17.8. The zero-order valence-electron chi connectivity index (χ0n) is 14.2. The van der Waals surface area contributed by atoms with Crippen LogP contribution < -0.4 is 10.9 Å². The highest BCUT2D eigenvalue weighted by Crippen LogP contribution is 2.17. The number of aryl methyl sites for hydroxylation is 1. The summed E-state index contributed by atoms with van der Waals surface area (Å²) in [6.45, 7) is 2.50. The van der Waals surface area contributed by atoms with Gasteiger partial charge in [0.2, 0.25) is 5.91 Å². The summed E-state index contributed by atoms with van der Waals surface area (Å²) >= 11 is 1.17. The van der Waals surface area contributed by atoms with E-state index in [1.54, 1.807) is 11.6 Å². The number of amides is 1. The van der Waals surface area contributed by atoms with Gasteiger partial charge in [0, 0.05) is 7.05 Å². The number of hydrogen-bond donors (Lipinski definition) is 1. The minimum Gasteiger partial charge on any atom is -0.358 e. The fourth-order valence-corrected chi connectivity index (χ4v) is 3.31. The van der Waals surface area contributed by atoms with Gasteiger partial charge in [0.15, 0.2) is 5.03 Å². The third kappa shape index (κ3) is 3.91. The van der Waals surface area contributed by atoms with Crippen molar-refractivity contribution < 1.29 is 4.79 Å². The van der Waals surface area contributed by atoms with Gasteiger partial charge in [-0.1, -0.05) is 53.7 Å². The molecule has 1 aromatic heterocycles. The minimum atomic E-state index is -0.173. The lowest BCUT2D eigenvalue weighted by atomic mass is 10.1. The van der Waals surface area contributed by atoms with Crippen molar-refractivity contribution in [3.63, 3.8) is 0 Å². The summed E-state index contributed by atoms with van der Waals surface area (Å²) in [7, 11) is 1.58. The smallest absolute Gasteiger partial charge is 0.283 e. The molecule has 6 heteroatoms. The van der Waals surface area contributed by atoms with E-state index in [1.807, 2.05) is 55.5 Å². The SMILES string of the molecule is CNC(=O)CSc1nc2ccccc2n(Cc2ccc(C)cc2)c1=O. The van der Waals surface area contributed by atoms with Gasteiger partial charge in [-0.2, -0.15) is 0 Å². The number of nitrogens with zero attached hydrogens (tertiary/aromatic N) is 2. The van der Waals surface area contributed by atoms with Crippen LogP contribution in [-0.4, -0.2) is 28.3 Å².